The normalized spacial score (nSPS) is 13.7. The van der Waals surface area contributed by atoms with E-state index < -0.39 is 0 Å². The SMILES string of the molecule is CN=C(NCc1ccc2c(c1)OCO2)N(C)C. The molecule has 17 heavy (non-hydrogen) atoms. The number of benzene rings is 1. The van der Waals surface area contributed by atoms with Crippen LogP contribution in [0.3, 0.4) is 0 Å². The highest BCUT2D eigenvalue weighted by Gasteiger charge is 2.13. The van der Waals surface area contributed by atoms with Gasteiger partial charge in [-0.25, -0.2) is 0 Å². The van der Waals surface area contributed by atoms with E-state index in [4.69, 9.17) is 9.47 Å². The number of rotatable bonds is 2. The van der Waals surface area contributed by atoms with Crippen molar-refractivity contribution >= 4 is 5.96 Å². The van der Waals surface area contributed by atoms with Gasteiger partial charge in [0, 0.05) is 27.7 Å². The van der Waals surface area contributed by atoms with Crippen molar-refractivity contribution in [3.8, 4) is 11.5 Å². The minimum Gasteiger partial charge on any atom is -0.454 e. The van der Waals surface area contributed by atoms with Gasteiger partial charge in [-0.2, -0.15) is 0 Å². The second-order valence-corrected chi connectivity index (χ2v) is 3.98. The summed E-state index contributed by atoms with van der Waals surface area (Å²) in [5, 5.41) is 3.26. The summed E-state index contributed by atoms with van der Waals surface area (Å²) in [6.07, 6.45) is 0. The van der Waals surface area contributed by atoms with E-state index in [1.54, 1.807) is 7.05 Å². The van der Waals surface area contributed by atoms with Crippen LogP contribution in [0, 0.1) is 0 Å². The zero-order valence-electron chi connectivity index (χ0n) is 10.4. The van der Waals surface area contributed by atoms with Crippen LogP contribution in [0.2, 0.25) is 0 Å². The lowest BCUT2D eigenvalue weighted by atomic mass is 10.2. The first-order chi connectivity index (χ1) is 8.20. The molecule has 2 rings (SSSR count). The van der Waals surface area contributed by atoms with Crippen molar-refractivity contribution in [1.29, 1.82) is 0 Å². The van der Waals surface area contributed by atoms with E-state index in [-0.39, 0.29) is 0 Å². The van der Waals surface area contributed by atoms with Crippen LogP contribution in [0.15, 0.2) is 23.2 Å². The fourth-order valence-electron chi connectivity index (χ4n) is 1.67. The molecule has 0 saturated carbocycles. The molecular weight excluding hydrogens is 218 g/mol. The molecule has 0 fully saturated rings. The smallest absolute Gasteiger partial charge is 0.231 e. The zero-order valence-corrected chi connectivity index (χ0v) is 10.4. The Balaban J connectivity index is 2.00. The Hall–Kier alpha value is -1.91. The Morgan fingerprint density at radius 1 is 1.35 bits per heavy atom. The van der Waals surface area contributed by atoms with Gasteiger partial charge in [0.25, 0.3) is 0 Å². The maximum atomic E-state index is 5.33. The number of guanidine groups is 1. The van der Waals surface area contributed by atoms with Gasteiger partial charge in [-0.1, -0.05) is 6.07 Å². The van der Waals surface area contributed by atoms with Gasteiger partial charge in [0.2, 0.25) is 6.79 Å². The Kier molecular flexibility index (Phi) is 3.37. The molecule has 5 nitrogen and oxygen atoms in total. The maximum absolute atomic E-state index is 5.33. The highest BCUT2D eigenvalue weighted by atomic mass is 16.7. The number of hydrogen-bond acceptors (Lipinski definition) is 3. The van der Waals surface area contributed by atoms with E-state index in [1.807, 2.05) is 37.2 Å². The van der Waals surface area contributed by atoms with Crippen molar-refractivity contribution in [3.63, 3.8) is 0 Å². The lowest BCUT2D eigenvalue weighted by molar-refractivity contribution is 0.174. The molecule has 92 valence electrons. The van der Waals surface area contributed by atoms with E-state index in [9.17, 15) is 0 Å². The van der Waals surface area contributed by atoms with Gasteiger partial charge in [0.15, 0.2) is 17.5 Å². The van der Waals surface area contributed by atoms with Crippen LogP contribution in [0.25, 0.3) is 0 Å². The largest absolute Gasteiger partial charge is 0.454 e. The van der Waals surface area contributed by atoms with Gasteiger partial charge in [0.05, 0.1) is 0 Å². The predicted molar refractivity (Wildman–Crippen MR) is 66.5 cm³/mol. The lowest BCUT2D eigenvalue weighted by Gasteiger charge is -2.16. The molecule has 0 radical (unpaired) electrons. The molecule has 0 bridgehead atoms. The van der Waals surface area contributed by atoms with E-state index >= 15 is 0 Å². The third-order valence-corrected chi connectivity index (χ3v) is 2.52. The molecule has 1 aliphatic rings. The highest BCUT2D eigenvalue weighted by Crippen LogP contribution is 2.32. The van der Waals surface area contributed by atoms with Crippen molar-refractivity contribution in [1.82, 2.24) is 10.2 Å². The standard InChI is InChI=1S/C12H17N3O2/c1-13-12(15(2)3)14-7-9-4-5-10-11(6-9)17-8-16-10/h4-6H,7-8H2,1-3H3,(H,13,14). The number of hydrogen-bond donors (Lipinski definition) is 1. The summed E-state index contributed by atoms with van der Waals surface area (Å²) in [6, 6.07) is 5.93. The average Bonchev–Trinajstić information content (AvgIpc) is 2.76. The molecule has 5 heteroatoms. The minimum absolute atomic E-state index is 0.311. The fraction of sp³-hybridized carbons (Fsp3) is 0.417. The summed E-state index contributed by atoms with van der Waals surface area (Å²) in [7, 11) is 5.67. The summed E-state index contributed by atoms with van der Waals surface area (Å²) >= 11 is 0. The molecule has 0 aliphatic carbocycles. The molecular formula is C12H17N3O2. The van der Waals surface area contributed by atoms with Gasteiger partial charge in [0.1, 0.15) is 0 Å². The monoisotopic (exact) mass is 235 g/mol. The lowest BCUT2D eigenvalue weighted by Crippen LogP contribution is -2.35. The number of aliphatic imine (C=N–C) groups is 1. The fourth-order valence-corrected chi connectivity index (χ4v) is 1.67. The van der Waals surface area contributed by atoms with Crippen molar-refractivity contribution in [3.05, 3.63) is 23.8 Å². The molecule has 1 heterocycles. The van der Waals surface area contributed by atoms with Crippen molar-refractivity contribution < 1.29 is 9.47 Å². The first-order valence-corrected chi connectivity index (χ1v) is 5.47. The molecule has 0 atom stereocenters. The molecule has 0 unspecified atom stereocenters. The zero-order chi connectivity index (χ0) is 12.3. The van der Waals surface area contributed by atoms with Crippen LogP contribution in [0.4, 0.5) is 0 Å². The molecule has 0 amide bonds. The first-order valence-electron chi connectivity index (χ1n) is 5.47. The summed E-state index contributed by atoms with van der Waals surface area (Å²) in [5.41, 5.74) is 1.14. The van der Waals surface area contributed by atoms with E-state index in [1.165, 1.54) is 0 Å². The first kappa shape index (κ1) is 11.6. The van der Waals surface area contributed by atoms with E-state index in [0.717, 1.165) is 23.0 Å². The molecule has 0 saturated heterocycles. The Morgan fingerprint density at radius 3 is 2.82 bits per heavy atom. The quantitative estimate of drug-likeness (QED) is 0.615. The summed E-state index contributed by atoms with van der Waals surface area (Å²) in [5.74, 6) is 2.47. The van der Waals surface area contributed by atoms with Gasteiger partial charge in [-0.3, -0.25) is 4.99 Å². The summed E-state index contributed by atoms with van der Waals surface area (Å²) in [4.78, 5) is 6.09. The van der Waals surface area contributed by atoms with Crippen molar-refractivity contribution in [2.24, 2.45) is 4.99 Å². The second-order valence-electron chi connectivity index (χ2n) is 3.98. The van der Waals surface area contributed by atoms with Gasteiger partial charge in [-0.05, 0) is 17.7 Å². The Labute approximate surface area is 101 Å². The summed E-state index contributed by atoms with van der Waals surface area (Å²) in [6.45, 7) is 1.02. The van der Waals surface area contributed by atoms with E-state index in [0.29, 0.717) is 13.3 Å². The van der Waals surface area contributed by atoms with Crippen molar-refractivity contribution in [2.75, 3.05) is 27.9 Å². The second kappa shape index (κ2) is 4.95. The van der Waals surface area contributed by atoms with E-state index in [2.05, 4.69) is 10.3 Å². The van der Waals surface area contributed by atoms with Crippen LogP contribution in [0.5, 0.6) is 11.5 Å². The third-order valence-electron chi connectivity index (χ3n) is 2.52. The van der Waals surface area contributed by atoms with Gasteiger partial charge >= 0.3 is 0 Å². The van der Waals surface area contributed by atoms with Crippen LogP contribution in [0.1, 0.15) is 5.56 Å². The van der Waals surface area contributed by atoms with Crippen LogP contribution in [-0.4, -0.2) is 38.8 Å². The van der Waals surface area contributed by atoms with Gasteiger partial charge < -0.3 is 19.7 Å². The Bertz CT molecular complexity index is 430. The average molecular weight is 235 g/mol. The number of ether oxygens (including phenoxy) is 2. The number of nitrogens with zero attached hydrogens (tertiary/aromatic N) is 2. The number of fused-ring (bicyclic) bond motifs is 1. The topological polar surface area (TPSA) is 46.1 Å². The van der Waals surface area contributed by atoms with Crippen LogP contribution >= 0.6 is 0 Å². The maximum Gasteiger partial charge on any atom is 0.231 e. The van der Waals surface area contributed by atoms with Crippen LogP contribution in [-0.2, 0) is 6.54 Å². The Morgan fingerprint density at radius 2 is 2.12 bits per heavy atom. The molecule has 0 aromatic heterocycles. The van der Waals surface area contributed by atoms with Gasteiger partial charge in [-0.15, -0.1) is 0 Å². The molecule has 1 N–H and O–H groups in total. The van der Waals surface area contributed by atoms with Crippen LogP contribution < -0.4 is 14.8 Å². The summed E-state index contributed by atoms with van der Waals surface area (Å²) < 4.78 is 10.6. The highest BCUT2D eigenvalue weighted by molar-refractivity contribution is 5.79. The number of nitrogens with one attached hydrogen (secondary N) is 1. The van der Waals surface area contributed by atoms with Crippen molar-refractivity contribution in [2.45, 2.75) is 6.54 Å². The predicted octanol–water partition coefficient (Wildman–Crippen LogP) is 1.05. The molecule has 0 spiro atoms. The molecule has 1 aliphatic heterocycles. The third kappa shape index (κ3) is 2.61. The minimum atomic E-state index is 0.311. The molecule has 1 aromatic rings. The molecule has 1 aromatic carbocycles.